The third kappa shape index (κ3) is 5.75. The van der Waals surface area contributed by atoms with Crippen molar-refractivity contribution in [2.75, 3.05) is 6.61 Å². The van der Waals surface area contributed by atoms with Crippen molar-refractivity contribution in [2.45, 2.75) is 17.4 Å². The van der Waals surface area contributed by atoms with Gasteiger partial charge in [-0.05, 0) is 49.4 Å². The predicted octanol–water partition coefficient (Wildman–Crippen LogP) is 5.96. The molecule has 30 heavy (non-hydrogen) atoms. The summed E-state index contributed by atoms with van der Waals surface area (Å²) in [5.41, 5.74) is -1.78. The summed E-state index contributed by atoms with van der Waals surface area (Å²) in [5.74, 6) is -0.903. The fourth-order valence-electron chi connectivity index (χ4n) is 2.19. The molecule has 0 spiro atoms. The van der Waals surface area contributed by atoms with Crippen LogP contribution in [-0.2, 0) is 0 Å². The van der Waals surface area contributed by atoms with E-state index in [1.807, 2.05) is 6.07 Å². The Morgan fingerprint density at radius 1 is 1.13 bits per heavy atom. The van der Waals surface area contributed by atoms with E-state index in [2.05, 4.69) is 5.32 Å². The normalized spacial score (nSPS) is 15.5. The number of hydrogen-bond acceptors (Lipinski definition) is 4. The number of rotatable bonds is 6. The van der Waals surface area contributed by atoms with Gasteiger partial charge in [0, 0.05) is 5.56 Å². The second kappa shape index (κ2) is 7.04. The number of benzene rings is 2. The molecule has 0 radical (unpaired) electrons. The molecule has 1 amide bonds. The standard InChI is InChI=1S/C18H13ClF5N3O2S/c1-18(10-26,11-29-16-8-12(9-25)2-7-15(16)19)27-17(28)13-3-5-14(6-4-13)30(20,21,22,23)24/h2-8H,11H2,1H3,(H,27,28). The summed E-state index contributed by atoms with van der Waals surface area (Å²) in [4.78, 5) is 10.1. The molecule has 0 heterocycles. The topological polar surface area (TPSA) is 85.9 Å². The third-order valence-electron chi connectivity index (χ3n) is 3.77. The molecular weight excluding hydrogens is 453 g/mol. The highest BCUT2D eigenvalue weighted by Gasteiger charge is 2.65. The van der Waals surface area contributed by atoms with Crippen molar-refractivity contribution in [3.63, 3.8) is 0 Å². The molecule has 12 heteroatoms. The van der Waals surface area contributed by atoms with Crippen LogP contribution < -0.4 is 10.1 Å². The number of halogens is 6. The first-order valence-corrected chi connectivity index (χ1v) is 10.3. The van der Waals surface area contributed by atoms with Crippen molar-refractivity contribution in [1.29, 1.82) is 10.5 Å². The van der Waals surface area contributed by atoms with Crippen molar-refractivity contribution in [3.8, 4) is 17.9 Å². The van der Waals surface area contributed by atoms with Gasteiger partial charge in [-0.2, -0.15) is 10.5 Å². The Hall–Kier alpha value is -3.02. The lowest BCUT2D eigenvalue weighted by Crippen LogP contribution is -2.49. The van der Waals surface area contributed by atoms with Crippen molar-refractivity contribution < 1.29 is 29.0 Å². The number of nitrogens with zero attached hydrogens (tertiary/aromatic N) is 2. The highest BCUT2D eigenvalue weighted by Crippen LogP contribution is 3.02. The molecule has 0 aromatic heterocycles. The average molecular weight is 466 g/mol. The molecule has 0 fully saturated rings. The summed E-state index contributed by atoms with van der Waals surface area (Å²) in [7, 11) is -9.86. The number of nitrogens with one attached hydrogen (secondary N) is 1. The highest BCUT2D eigenvalue weighted by molar-refractivity contribution is 8.45. The third-order valence-corrected chi connectivity index (χ3v) is 5.25. The number of nitriles is 2. The molecule has 0 saturated heterocycles. The van der Waals surface area contributed by atoms with Gasteiger partial charge in [-0.3, -0.25) is 4.79 Å². The summed E-state index contributed by atoms with van der Waals surface area (Å²) in [6.07, 6.45) is 0. The van der Waals surface area contributed by atoms with Crippen LogP contribution in [0.15, 0.2) is 47.4 Å². The van der Waals surface area contributed by atoms with Crippen LogP contribution >= 0.6 is 21.8 Å². The van der Waals surface area contributed by atoms with E-state index in [1.165, 1.54) is 25.1 Å². The second-order valence-electron chi connectivity index (χ2n) is 6.44. The maximum atomic E-state index is 12.8. The number of carbonyl (C=O) groups excluding carboxylic acids is 1. The van der Waals surface area contributed by atoms with E-state index in [0.717, 1.165) is 0 Å². The van der Waals surface area contributed by atoms with E-state index in [0.29, 0.717) is 12.1 Å². The van der Waals surface area contributed by atoms with Crippen LogP contribution in [0.1, 0.15) is 22.8 Å². The first kappa shape index (κ1) is 23.3. The van der Waals surface area contributed by atoms with Crippen molar-refractivity contribution in [1.82, 2.24) is 5.32 Å². The zero-order valence-electron chi connectivity index (χ0n) is 15.1. The van der Waals surface area contributed by atoms with Gasteiger partial charge in [0.25, 0.3) is 5.91 Å². The Morgan fingerprint density at radius 2 is 1.73 bits per heavy atom. The zero-order chi connectivity index (χ0) is 22.9. The minimum atomic E-state index is -9.86. The van der Waals surface area contributed by atoms with Gasteiger partial charge in [-0.25, -0.2) is 0 Å². The number of carbonyl (C=O) groups is 1. The molecule has 0 bridgehead atoms. The van der Waals surface area contributed by atoms with Gasteiger partial charge in [-0.15, -0.1) is 0 Å². The number of hydrogen-bond donors (Lipinski definition) is 1. The van der Waals surface area contributed by atoms with Crippen molar-refractivity contribution in [2.24, 2.45) is 0 Å². The Labute approximate surface area is 173 Å². The van der Waals surface area contributed by atoms with Gasteiger partial charge in [0.2, 0.25) is 0 Å². The zero-order valence-corrected chi connectivity index (χ0v) is 16.7. The highest BCUT2D eigenvalue weighted by atomic mass is 35.5. The Kier molecular flexibility index (Phi) is 5.46. The summed E-state index contributed by atoms with van der Waals surface area (Å²) in [6, 6.07) is 9.18. The summed E-state index contributed by atoms with van der Waals surface area (Å²) in [6.45, 7) is 0.851. The van der Waals surface area contributed by atoms with Crippen molar-refractivity contribution in [3.05, 3.63) is 58.6 Å². The molecule has 1 unspecified atom stereocenters. The molecule has 0 aliphatic heterocycles. The van der Waals surface area contributed by atoms with E-state index in [4.69, 9.17) is 21.6 Å². The van der Waals surface area contributed by atoms with Crippen molar-refractivity contribution >= 4 is 27.7 Å². The predicted molar refractivity (Wildman–Crippen MR) is 101 cm³/mol. The van der Waals surface area contributed by atoms with Gasteiger partial charge in [-0.1, -0.05) is 31.0 Å². The Bertz CT molecular complexity index is 1080. The van der Waals surface area contributed by atoms with Crippen LogP contribution in [0.3, 0.4) is 0 Å². The quantitative estimate of drug-likeness (QED) is 0.533. The first-order valence-electron chi connectivity index (χ1n) is 7.97. The molecule has 0 aliphatic carbocycles. The SMILES string of the molecule is CC(C#N)(COc1cc(C#N)ccc1Cl)NC(=O)c1ccc(S(F)(F)(F)(F)F)cc1. The van der Waals surface area contributed by atoms with Gasteiger partial charge in [0.05, 0.1) is 22.7 Å². The van der Waals surface area contributed by atoms with Gasteiger partial charge >= 0.3 is 10.2 Å². The van der Waals surface area contributed by atoms with Gasteiger partial charge in [0.15, 0.2) is 5.54 Å². The molecule has 0 saturated carbocycles. The van der Waals surface area contributed by atoms with Gasteiger partial charge < -0.3 is 10.1 Å². The number of ether oxygens (including phenoxy) is 1. The molecule has 2 aromatic carbocycles. The number of amides is 1. The summed E-state index contributed by atoms with van der Waals surface area (Å²) >= 11 is 5.95. The minimum Gasteiger partial charge on any atom is -0.488 e. The minimum absolute atomic E-state index is 0.0756. The fraction of sp³-hybridized carbons (Fsp3) is 0.167. The van der Waals surface area contributed by atoms with E-state index in [9.17, 15) is 29.5 Å². The van der Waals surface area contributed by atoms with Crippen LogP contribution in [-0.4, -0.2) is 18.1 Å². The van der Waals surface area contributed by atoms with Crippen LogP contribution in [0.2, 0.25) is 5.02 Å². The fourth-order valence-corrected chi connectivity index (χ4v) is 3.01. The molecule has 2 aromatic rings. The van der Waals surface area contributed by atoms with Crippen LogP contribution in [0.25, 0.3) is 0 Å². The average Bonchev–Trinajstić information content (AvgIpc) is 2.65. The second-order valence-corrected chi connectivity index (χ2v) is 9.25. The Morgan fingerprint density at radius 3 is 2.23 bits per heavy atom. The smallest absolute Gasteiger partial charge is 0.310 e. The molecule has 0 aliphatic rings. The van der Waals surface area contributed by atoms with Crippen LogP contribution in [0, 0.1) is 22.7 Å². The Balaban J connectivity index is 2.16. The van der Waals surface area contributed by atoms with Crippen LogP contribution in [0.5, 0.6) is 5.75 Å². The molecule has 2 rings (SSSR count). The van der Waals surface area contributed by atoms with Gasteiger partial charge in [0.1, 0.15) is 17.3 Å². The van der Waals surface area contributed by atoms with E-state index < -0.39 is 33.2 Å². The lowest BCUT2D eigenvalue weighted by atomic mass is 10.1. The maximum absolute atomic E-state index is 12.8. The van der Waals surface area contributed by atoms with E-state index in [-0.39, 0.29) is 34.0 Å². The van der Waals surface area contributed by atoms with E-state index >= 15 is 0 Å². The van der Waals surface area contributed by atoms with E-state index in [1.54, 1.807) is 6.07 Å². The molecule has 5 nitrogen and oxygen atoms in total. The lowest BCUT2D eigenvalue weighted by molar-refractivity contribution is 0.0901. The van der Waals surface area contributed by atoms with Crippen LogP contribution in [0.4, 0.5) is 19.4 Å². The molecule has 160 valence electrons. The summed E-state index contributed by atoms with van der Waals surface area (Å²) in [5, 5.41) is 20.7. The molecule has 1 atom stereocenters. The lowest BCUT2D eigenvalue weighted by Gasteiger charge is -2.40. The maximum Gasteiger partial charge on any atom is 0.310 e. The monoisotopic (exact) mass is 465 g/mol. The summed E-state index contributed by atoms with van der Waals surface area (Å²) < 4.78 is 69.2. The molecular formula is C18H13ClF5N3O2S. The largest absolute Gasteiger partial charge is 0.488 e. The first-order chi connectivity index (χ1) is 13.6. The molecule has 1 N–H and O–H groups in total.